The van der Waals surface area contributed by atoms with E-state index in [9.17, 15) is 0 Å². The molecule has 6 aromatic carbocycles. The zero-order valence-electron chi connectivity index (χ0n) is 24.6. The van der Waals surface area contributed by atoms with Crippen LogP contribution in [0.1, 0.15) is 18.5 Å². The van der Waals surface area contributed by atoms with Crippen molar-refractivity contribution in [2.45, 2.75) is 13.0 Å². The van der Waals surface area contributed by atoms with Gasteiger partial charge in [0.1, 0.15) is 0 Å². The molecule has 0 aliphatic heterocycles. The van der Waals surface area contributed by atoms with E-state index >= 15 is 0 Å². The van der Waals surface area contributed by atoms with Crippen molar-refractivity contribution in [3.63, 3.8) is 0 Å². The van der Waals surface area contributed by atoms with E-state index < -0.39 is 16.0 Å². The topological polar surface area (TPSA) is 3.24 Å². The molecule has 0 aromatic heterocycles. The van der Waals surface area contributed by atoms with E-state index in [1.165, 1.54) is 21.5 Å². The monoisotopic (exact) mass is 747 g/mol. The number of halogens is 4. The summed E-state index contributed by atoms with van der Waals surface area (Å²) in [4.78, 5) is 0. The third-order valence-corrected chi connectivity index (χ3v) is 13.0. The first-order chi connectivity index (χ1) is 21.3. The van der Waals surface area contributed by atoms with Crippen molar-refractivity contribution in [2.24, 2.45) is 0 Å². The predicted molar refractivity (Wildman–Crippen MR) is 198 cm³/mol. The molecule has 1 nitrogen and oxygen atoms in total. The first-order valence-corrected chi connectivity index (χ1v) is 18.2. The van der Waals surface area contributed by atoms with E-state index in [1.54, 1.807) is 12.1 Å². The van der Waals surface area contributed by atoms with Gasteiger partial charge in [-0.05, 0) is 78.6 Å². The summed E-state index contributed by atoms with van der Waals surface area (Å²) < 4.78 is 2.40. The summed E-state index contributed by atoms with van der Waals surface area (Å²) in [5.41, 5.74) is 1.30. The maximum atomic E-state index is 6.49. The minimum atomic E-state index is -1.06. The molecule has 0 N–H and O–H groups in total. The summed E-state index contributed by atoms with van der Waals surface area (Å²) in [6.07, 6.45) is 0. The van der Waals surface area contributed by atoms with Crippen LogP contribution in [0.15, 0.2) is 146 Å². The van der Waals surface area contributed by atoms with Gasteiger partial charge in [0.15, 0.2) is 0 Å². The van der Waals surface area contributed by atoms with Gasteiger partial charge in [0.2, 0.25) is 0 Å². The first kappa shape index (κ1) is 35.9. The minimum absolute atomic E-state index is 0. The van der Waals surface area contributed by atoms with E-state index in [1.807, 2.05) is 54.6 Å². The Kier molecular flexibility index (Phi) is 13.8. The molecule has 0 saturated heterocycles. The minimum Gasteiger partial charge on any atom is -0.748 e. The summed E-state index contributed by atoms with van der Waals surface area (Å²) in [5.74, 6) is 0. The zero-order valence-corrected chi connectivity index (χ0v) is 30.6. The molecule has 1 atom stereocenters. The molecule has 0 spiro atoms. The van der Waals surface area contributed by atoms with Crippen LogP contribution < -0.4 is 26.5 Å². The average molecular weight is 749 g/mol. The molecule has 0 bridgehead atoms. The van der Waals surface area contributed by atoms with Gasteiger partial charge in [-0.1, -0.05) is 114 Å². The van der Waals surface area contributed by atoms with E-state index in [-0.39, 0.29) is 23.1 Å². The Balaban J connectivity index is 0.000000700. The van der Waals surface area contributed by atoms with Crippen LogP contribution in [0.25, 0.3) is 0 Å². The molecule has 6 rings (SSSR count). The van der Waals surface area contributed by atoms with Gasteiger partial charge in [-0.3, -0.25) is 4.67 Å². The van der Waals surface area contributed by atoms with Crippen LogP contribution in [0.5, 0.6) is 0 Å². The molecule has 0 aliphatic rings. The fourth-order valence-electron chi connectivity index (χ4n) is 5.09. The Labute approximate surface area is 299 Å². The van der Waals surface area contributed by atoms with Gasteiger partial charge in [-0.25, -0.2) is 12.1 Å². The van der Waals surface area contributed by atoms with E-state index in [2.05, 4.69) is 97.5 Å². The molecule has 45 heavy (non-hydrogen) atoms. The van der Waals surface area contributed by atoms with Crippen molar-refractivity contribution in [1.29, 1.82) is 0 Å². The third kappa shape index (κ3) is 9.34. The Bertz CT molecular complexity index is 1610. The van der Waals surface area contributed by atoms with E-state index in [4.69, 9.17) is 46.4 Å². The number of hydrogen-bond acceptors (Lipinski definition) is 1. The van der Waals surface area contributed by atoms with Crippen LogP contribution in [0, 0.1) is 0 Å². The Morgan fingerprint density at radius 1 is 0.578 bits per heavy atom. The van der Waals surface area contributed by atoms with Crippen molar-refractivity contribution in [3.8, 4) is 0 Å². The summed E-state index contributed by atoms with van der Waals surface area (Å²) in [7, 11) is 0.359. The number of rotatable bonds is 8. The van der Waals surface area contributed by atoms with Crippen LogP contribution in [0.3, 0.4) is 0 Å². The van der Waals surface area contributed by atoms with E-state index in [0.29, 0.717) is 20.1 Å². The van der Waals surface area contributed by atoms with Crippen LogP contribution >= 0.6 is 62.4 Å². The van der Waals surface area contributed by atoms with Crippen LogP contribution in [-0.4, -0.2) is 11.7 Å². The van der Waals surface area contributed by atoms with Gasteiger partial charge in [-0.2, -0.15) is 6.07 Å². The third-order valence-electron chi connectivity index (χ3n) is 7.16. The van der Waals surface area contributed by atoms with Crippen LogP contribution in [0.2, 0.25) is 20.1 Å². The zero-order chi connectivity index (χ0) is 31.1. The van der Waals surface area contributed by atoms with Crippen LogP contribution in [-0.2, 0) is 17.1 Å². The van der Waals surface area contributed by atoms with Crippen molar-refractivity contribution < 1.29 is 17.1 Å². The molecule has 0 saturated carbocycles. The fraction of sp³-hybridized carbons (Fsp3) is 0.0811. The van der Waals surface area contributed by atoms with Gasteiger partial charge in [-0.15, -0.1) is 10.9 Å². The normalized spacial score (nSPS) is 11.7. The summed E-state index contributed by atoms with van der Waals surface area (Å²) in [6.45, 7) is 2.26. The Hall–Kier alpha value is -1.92. The van der Waals surface area contributed by atoms with Crippen molar-refractivity contribution in [1.82, 2.24) is 4.67 Å². The molecule has 0 radical (unpaired) electrons. The van der Waals surface area contributed by atoms with Gasteiger partial charge in [0, 0.05) is 45.2 Å². The SMILES string of the molecule is C[C@H]([c-]1cccc1P(c1ccccc1)c1ccccc1)N(C)P(c1cc(Cl)cc(Cl)c1)c1cc(Cl)cc(Cl)c1.[Fe].[cH-]1[cH-][cH-][cH-][cH-]1. The molecule has 236 valence electrons. The maximum Gasteiger partial charge on any atom is 0.0427 e. The first-order valence-electron chi connectivity index (χ1n) is 14.1. The van der Waals surface area contributed by atoms with Gasteiger partial charge in [0.05, 0.1) is 0 Å². The summed E-state index contributed by atoms with van der Waals surface area (Å²) in [6, 6.07) is 49.8. The van der Waals surface area contributed by atoms with E-state index in [0.717, 1.165) is 10.6 Å². The molecule has 6 aromatic rings. The van der Waals surface area contributed by atoms with Crippen molar-refractivity contribution in [3.05, 3.63) is 171 Å². The molecule has 0 heterocycles. The second-order valence-corrected chi connectivity index (χ2v) is 16.4. The second kappa shape index (κ2) is 17.3. The molecule has 0 aliphatic carbocycles. The molecular weight excluding hydrogens is 718 g/mol. The van der Waals surface area contributed by atoms with Crippen molar-refractivity contribution >= 4 is 88.9 Å². The Morgan fingerprint density at radius 3 is 1.38 bits per heavy atom. The number of hydrogen-bond donors (Lipinski definition) is 0. The number of benzene rings is 4. The quantitative estimate of drug-likeness (QED) is 0.0851. The van der Waals surface area contributed by atoms with Gasteiger partial charge in [0.25, 0.3) is 0 Å². The molecule has 0 fully saturated rings. The second-order valence-electron chi connectivity index (χ2n) is 10.2. The largest absolute Gasteiger partial charge is 0.748 e. The maximum absolute atomic E-state index is 6.49. The molecular formula is C37H31Cl4FeNP2-6. The predicted octanol–water partition coefficient (Wildman–Crippen LogP) is 10.2. The summed E-state index contributed by atoms with van der Waals surface area (Å²) >= 11 is 26.0. The molecule has 0 amide bonds. The van der Waals surface area contributed by atoms with Crippen molar-refractivity contribution in [2.75, 3.05) is 7.05 Å². The van der Waals surface area contributed by atoms with Gasteiger partial charge >= 0.3 is 0 Å². The summed E-state index contributed by atoms with van der Waals surface area (Å²) in [5, 5.41) is 8.49. The average Bonchev–Trinajstić information content (AvgIpc) is 3.74. The standard InChI is InChI=1S/C32H26Cl4NP2.C5H5.Fe/c1-22(31-14-9-15-32(31)38(27-10-5-3-6-11-27)28-12-7-4-8-13-28)37(2)39(29-18-23(33)16-24(34)19-29)30-20-25(35)17-26(36)21-30;1-2-4-5-3-1;/h3-22H,1-2H3;1-5H;/q-1;-5;/t22-;;/m1../s1. The fourth-order valence-corrected chi connectivity index (χ4v) is 11.5. The smallest absolute Gasteiger partial charge is 0.0427 e. The Morgan fingerprint density at radius 2 is 0.978 bits per heavy atom. The molecule has 0 unspecified atom stereocenters. The molecule has 8 heteroatoms. The number of nitrogens with zero attached hydrogens (tertiary/aromatic N) is 1. The van der Waals surface area contributed by atoms with Crippen LogP contribution in [0.4, 0.5) is 0 Å². The van der Waals surface area contributed by atoms with Gasteiger partial charge < -0.3 is 30.3 Å².